The molecule has 1 saturated heterocycles. The van der Waals surface area contributed by atoms with Crippen molar-refractivity contribution in [2.45, 2.75) is 19.1 Å². The van der Waals surface area contributed by atoms with Crippen LogP contribution in [-0.4, -0.2) is 35.1 Å². The molecular formula is C18H18N4O2. The standard InChI is InChI=1S/C18H18N4O2/c19-11-15-6-8-20-17(10-15)24-16-7-9-22(13-16)18(23)21-12-14-4-2-1-3-5-14/h1-6,8,10,16H,7,9,12-13H2,(H,21,23). The van der Waals surface area contributed by atoms with E-state index < -0.39 is 0 Å². The predicted octanol–water partition coefficient (Wildman–Crippen LogP) is 2.32. The lowest BCUT2D eigenvalue weighted by Crippen LogP contribution is -2.39. The van der Waals surface area contributed by atoms with Crippen molar-refractivity contribution < 1.29 is 9.53 Å². The third kappa shape index (κ3) is 4.02. The average Bonchev–Trinajstić information content (AvgIpc) is 3.09. The molecular weight excluding hydrogens is 304 g/mol. The van der Waals surface area contributed by atoms with Crippen molar-refractivity contribution in [3.05, 3.63) is 59.8 Å². The lowest BCUT2D eigenvalue weighted by Gasteiger charge is -2.17. The molecule has 0 bridgehead atoms. The van der Waals surface area contributed by atoms with E-state index in [0.717, 1.165) is 12.0 Å². The highest BCUT2D eigenvalue weighted by molar-refractivity contribution is 5.74. The number of rotatable bonds is 4. The van der Waals surface area contributed by atoms with Gasteiger partial charge in [-0.1, -0.05) is 30.3 Å². The van der Waals surface area contributed by atoms with Crippen molar-refractivity contribution >= 4 is 6.03 Å². The Labute approximate surface area is 140 Å². The molecule has 1 aliphatic rings. The summed E-state index contributed by atoms with van der Waals surface area (Å²) in [7, 11) is 0. The van der Waals surface area contributed by atoms with E-state index in [0.29, 0.717) is 31.1 Å². The molecule has 0 spiro atoms. The number of pyridine rings is 1. The summed E-state index contributed by atoms with van der Waals surface area (Å²) >= 11 is 0. The summed E-state index contributed by atoms with van der Waals surface area (Å²) in [6, 6.07) is 15.0. The van der Waals surface area contributed by atoms with E-state index in [1.165, 1.54) is 0 Å². The van der Waals surface area contributed by atoms with E-state index in [1.54, 1.807) is 23.2 Å². The van der Waals surface area contributed by atoms with Crippen molar-refractivity contribution in [3.8, 4) is 11.9 Å². The molecule has 0 saturated carbocycles. The zero-order valence-electron chi connectivity index (χ0n) is 13.2. The molecule has 6 heteroatoms. The van der Waals surface area contributed by atoms with Crippen LogP contribution < -0.4 is 10.1 Å². The third-order valence-corrected chi connectivity index (χ3v) is 3.87. The fourth-order valence-electron chi connectivity index (χ4n) is 2.61. The van der Waals surface area contributed by atoms with Gasteiger partial charge in [0, 0.05) is 31.8 Å². The number of nitrogens with one attached hydrogen (secondary N) is 1. The van der Waals surface area contributed by atoms with E-state index in [2.05, 4.69) is 16.4 Å². The second-order valence-corrected chi connectivity index (χ2v) is 5.61. The first-order valence-electron chi connectivity index (χ1n) is 7.84. The molecule has 122 valence electrons. The number of urea groups is 1. The molecule has 2 heterocycles. The maximum Gasteiger partial charge on any atom is 0.317 e. The molecule has 1 aromatic heterocycles. The largest absolute Gasteiger partial charge is 0.472 e. The van der Waals surface area contributed by atoms with Gasteiger partial charge >= 0.3 is 6.03 Å². The van der Waals surface area contributed by atoms with Gasteiger partial charge in [0.2, 0.25) is 5.88 Å². The number of amides is 2. The molecule has 1 aromatic carbocycles. The van der Waals surface area contributed by atoms with E-state index in [9.17, 15) is 4.79 Å². The monoisotopic (exact) mass is 322 g/mol. The minimum absolute atomic E-state index is 0.0938. The minimum atomic E-state index is -0.103. The van der Waals surface area contributed by atoms with Gasteiger partial charge in [-0.15, -0.1) is 0 Å². The second-order valence-electron chi connectivity index (χ2n) is 5.61. The summed E-state index contributed by atoms with van der Waals surface area (Å²) in [4.78, 5) is 18.1. The fraction of sp³-hybridized carbons (Fsp3) is 0.278. The first-order chi connectivity index (χ1) is 11.7. The molecule has 6 nitrogen and oxygen atoms in total. The highest BCUT2D eigenvalue weighted by Crippen LogP contribution is 2.17. The molecule has 1 unspecified atom stereocenters. The zero-order valence-corrected chi connectivity index (χ0v) is 13.2. The highest BCUT2D eigenvalue weighted by atomic mass is 16.5. The van der Waals surface area contributed by atoms with Gasteiger partial charge in [-0.25, -0.2) is 9.78 Å². The molecule has 1 N–H and O–H groups in total. The number of hydrogen-bond acceptors (Lipinski definition) is 4. The van der Waals surface area contributed by atoms with E-state index in [1.807, 2.05) is 30.3 Å². The number of likely N-dealkylation sites (tertiary alicyclic amines) is 1. The van der Waals surface area contributed by atoms with Gasteiger partial charge in [-0.3, -0.25) is 0 Å². The maximum atomic E-state index is 12.2. The SMILES string of the molecule is N#Cc1ccnc(OC2CCN(C(=O)NCc3ccccc3)C2)c1. The van der Waals surface area contributed by atoms with Crippen LogP contribution >= 0.6 is 0 Å². The van der Waals surface area contributed by atoms with Gasteiger partial charge in [0.25, 0.3) is 0 Å². The molecule has 1 atom stereocenters. The molecule has 1 aliphatic heterocycles. The Morgan fingerprint density at radius 2 is 2.21 bits per heavy atom. The second kappa shape index (κ2) is 7.47. The molecule has 3 rings (SSSR count). The van der Waals surface area contributed by atoms with Crippen LogP contribution in [0.25, 0.3) is 0 Å². The van der Waals surface area contributed by atoms with E-state index in [4.69, 9.17) is 10.00 Å². The summed E-state index contributed by atoms with van der Waals surface area (Å²) < 4.78 is 5.78. The zero-order chi connectivity index (χ0) is 16.8. The lowest BCUT2D eigenvalue weighted by molar-refractivity contribution is 0.183. The molecule has 24 heavy (non-hydrogen) atoms. The number of nitriles is 1. The number of aromatic nitrogens is 1. The van der Waals surface area contributed by atoms with Gasteiger partial charge < -0.3 is 15.0 Å². The van der Waals surface area contributed by atoms with Crippen molar-refractivity contribution in [3.63, 3.8) is 0 Å². The van der Waals surface area contributed by atoms with Crippen molar-refractivity contribution in [2.75, 3.05) is 13.1 Å². The van der Waals surface area contributed by atoms with Gasteiger partial charge in [-0.05, 0) is 11.6 Å². The first-order valence-corrected chi connectivity index (χ1v) is 7.84. The van der Waals surface area contributed by atoms with Crippen LogP contribution in [0, 0.1) is 11.3 Å². The Morgan fingerprint density at radius 3 is 3.00 bits per heavy atom. The molecule has 0 radical (unpaired) electrons. The van der Waals surface area contributed by atoms with Gasteiger partial charge in [0.05, 0.1) is 18.2 Å². The topological polar surface area (TPSA) is 78.2 Å². The number of nitrogens with zero attached hydrogens (tertiary/aromatic N) is 3. The summed E-state index contributed by atoms with van der Waals surface area (Å²) in [5.41, 5.74) is 1.57. The molecule has 0 aliphatic carbocycles. The normalized spacial score (nSPS) is 16.5. The van der Waals surface area contributed by atoms with Gasteiger partial charge in [0.15, 0.2) is 0 Å². The fourth-order valence-corrected chi connectivity index (χ4v) is 2.61. The first kappa shape index (κ1) is 15.8. The minimum Gasteiger partial charge on any atom is -0.472 e. The number of hydrogen-bond donors (Lipinski definition) is 1. The van der Waals surface area contributed by atoms with Crippen LogP contribution in [0.1, 0.15) is 17.5 Å². The number of carbonyl (C=O) groups excluding carboxylic acids is 1. The van der Waals surface area contributed by atoms with Crippen LogP contribution in [0.3, 0.4) is 0 Å². The smallest absolute Gasteiger partial charge is 0.317 e. The van der Waals surface area contributed by atoms with E-state index in [-0.39, 0.29) is 12.1 Å². The Kier molecular flexibility index (Phi) is 4.92. The van der Waals surface area contributed by atoms with Crippen LogP contribution in [-0.2, 0) is 6.54 Å². The Balaban J connectivity index is 1.49. The van der Waals surface area contributed by atoms with Crippen LogP contribution in [0.5, 0.6) is 5.88 Å². The summed E-state index contributed by atoms with van der Waals surface area (Å²) in [6.07, 6.45) is 2.19. The third-order valence-electron chi connectivity index (χ3n) is 3.87. The van der Waals surface area contributed by atoms with Crippen LogP contribution in [0.2, 0.25) is 0 Å². The van der Waals surface area contributed by atoms with Crippen molar-refractivity contribution in [1.29, 1.82) is 5.26 Å². The lowest BCUT2D eigenvalue weighted by atomic mass is 10.2. The average molecular weight is 322 g/mol. The number of ether oxygens (including phenoxy) is 1. The van der Waals surface area contributed by atoms with Crippen molar-refractivity contribution in [2.24, 2.45) is 0 Å². The molecule has 2 amide bonds. The van der Waals surface area contributed by atoms with E-state index >= 15 is 0 Å². The summed E-state index contributed by atoms with van der Waals surface area (Å²) in [6.45, 7) is 1.66. The summed E-state index contributed by atoms with van der Waals surface area (Å²) in [5, 5.41) is 11.8. The predicted molar refractivity (Wildman–Crippen MR) is 88.2 cm³/mol. The van der Waals surface area contributed by atoms with Gasteiger partial charge in [0.1, 0.15) is 6.10 Å². The quantitative estimate of drug-likeness (QED) is 0.937. The summed E-state index contributed by atoms with van der Waals surface area (Å²) in [5.74, 6) is 0.422. The Hall–Kier alpha value is -3.07. The van der Waals surface area contributed by atoms with Crippen molar-refractivity contribution in [1.82, 2.24) is 15.2 Å². The van der Waals surface area contributed by atoms with Gasteiger partial charge in [-0.2, -0.15) is 5.26 Å². The van der Waals surface area contributed by atoms with Crippen LogP contribution in [0.4, 0.5) is 4.79 Å². The number of carbonyl (C=O) groups is 1. The Bertz CT molecular complexity index is 742. The maximum absolute atomic E-state index is 12.2. The molecule has 2 aromatic rings. The Morgan fingerprint density at radius 1 is 1.38 bits per heavy atom. The highest BCUT2D eigenvalue weighted by Gasteiger charge is 2.27. The number of benzene rings is 1. The van der Waals surface area contributed by atoms with Crippen LogP contribution in [0.15, 0.2) is 48.7 Å². The molecule has 1 fully saturated rings.